The summed E-state index contributed by atoms with van der Waals surface area (Å²) in [5, 5.41) is 2.22. The number of unbranched alkanes of at least 4 members (excludes halogenated alkanes) is 8. The standard InChI is InChI=1S/C38H54O6Si2/c1-8-15-16-17-18-19-20-21-22-23-36(41-43-37(39)32-24-28-34(29-25-32)45(9-2,10-3)11-4)42-44-38(40)33-26-30-35(31-27-33)46(12-5,13-6)14-7/h9-10,12-13,24-31,36H,2-3,5-6,8,11,14-23H2,1,4,7H3. The van der Waals surface area contributed by atoms with Crippen LogP contribution in [0.3, 0.4) is 0 Å². The van der Waals surface area contributed by atoms with Gasteiger partial charge in [0.1, 0.15) is 16.1 Å². The van der Waals surface area contributed by atoms with E-state index >= 15 is 0 Å². The Morgan fingerprint density at radius 2 is 0.935 bits per heavy atom. The average Bonchev–Trinajstić information content (AvgIpc) is 3.10. The molecule has 8 heteroatoms. The van der Waals surface area contributed by atoms with Gasteiger partial charge in [0.15, 0.2) is 0 Å². The van der Waals surface area contributed by atoms with E-state index in [0.717, 1.165) is 41.7 Å². The van der Waals surface area contributed by atoms with Crippen LogP contribution in [-0.4, -0.2) is 34.4 Å². The number of benzene rings is 2. The summed E-state index contributed by atoms with van der Waals surface area (Å²) in [5.41, 5.74) is 8.62. The molecule has 0 N–H and O–H groups in total. The molecule has 0 heterocycles. The first-order valence-electron chi connectivity index (χ1n) is 16.8. The predicted octanol–water partition coefficient (Wildman–Crippen LogP) is 9.06. The smallest absolute Gasteiger partial charge is 0.290 e. The molecule has 0 spiro atoms. The molecular weight excluding hydrogens is 609 g/mol. The normalized spacial score (nSPS) is 11.6. The van der Waals surface area contributed by atoms with Crippen molar-refractivity contribution in [3.8, 4) is 0 Å². The van der Waals surface area contributed by atoms with Crippen LogP contribution in [-0.2, 0) is 19.6 Å². The van der Waals surface area contributed by atoms with Crippen LogP contribution in [0.25, 0.3) is 0 Å². The summed E-state index contributed by atoms with van der Waals surface area (Å²) in [5.74, 6) is -1.33. The highest BCUT2D eigenvalue weighted by Crippen LogP contribution is 2.18. The lowest BCUT2D eigenvalue weighted by molar-refractivity contribution is -0.421. The van der Waals surface area contributed by atoms with E-state index in [4.69, 9.17) is 19.6 Å². The molecule has 0 amide bonds. The number of carbonyl (C=O) groups excluding carboxylic acids is 2. The van der Waals surface area contributed by atoms with Crippen molar-refractivity contribution in [1.82, 2.24) is 0 Å². The third-order valence-electron chi connectivity index (χ3n) is 8.95. The van der Waals surface area contributed by atoms with Gasteiger partial charge >= 0.3 is 11.9 Å². The van der Waals surface area contributed by atoms with E-state index < -0.39 is 34.4 Å². The summed E-state index contributed by atoms with van der Waals surface area (Å²) >= 11 is 0. The molecule has 0 radical (unpaired) electrons. The molecule has 0 bridgehead atoms. The van der Waals surface area contributed by atoms with Gasteiger partial charge in [-0.05, 0) is 42.8 Å². The lowest BCUT2D eigenvalue weighted by Gasteiger charge is -2.23. The Morgan fingerprint density at radius 1 is 0.587 bits per heavy atom. The van der Waals surface area contributed by atoms with E-state index in [-0.39, 0.29) is 0 Å². The van der Waals surface area contributed by atoms with Crippen molar-refractivity contribution in [3.63, 3.8) is 0 Å². The van der Waals surface area contributed by atoms with Gasteiger partial charge in [0.2, 0.25) is 6.29 Å². The number of carbonyl (C=O) groups is 2. The van der Waals surface area contributed by atoms with Crippen LogP contribution in [0.5, 0.6) is 0 Å². The fraction of sp³-hybridized carbons (Fsp3) is 0.421. The van der Waals surface area contributed by atoms with Gasteiger partial charge in [-0.25, -0.2) is 9.59 Å². The van der Waals surface area contributed by atoms with Gasteiger partial charge in [-0.15, -0.1) is 36.1 Å². The minimum Gasteiger partial charge on any atom is -0.290 e. The quantitative estimate of drug-likeness (QED) is 0.0367. The van der Waals surface area contributed by atoms with E-state index in [1.807, 2.05) is 47.1 Å². The lowest BCUT2D eigenvalue weighted by Crippen LogP contribution is -2.43. The Morgan fingerprint density at radius 3 is 1.26 bits per heavy atom. The van der Waals surface area contributed by atoms with Gasteiger partial charge in [-0.3, -0.25) is 9.78 Å². The molecule has 2 aromatic carbocycles. The Hall–Kier alpha value is -3.31. The van der Waals surface area contributed by atoms with Crippen molar-refractivity contribution in [3.05, 3.63) is 109 Å². The molecule has 46 heavy (non-hydrogen) atoms. The second kappa shape index (κ2) is 20.7. The van der Waals surface area contributed by atoms with Gasteiger partial charge in [-0.1, -0.05) is 130 Å². The molecule has 2 aromatic rings. The lowest BCUT2D eigenvalue weighted by atomic mass is 10.1. The topological polar surface area (TPSA) is 71.1 Å². The summed E-state index contributed by atoms with van der Waals surface area (Å²) in [7, 11) is -4.04. The fourth-order valence-corrected chi connectivity index (χ4v) is 10.3. The molecular formula is C38H54O6Si2. The maximum absolute atomic E-state index is 12.8. The highest BCUT2D eigenvalue weighted by Gasteiger charge is 2.28. The van der Waals surface area contributed by atoms with Crippen LogP contribution in [0.2, 0.25) is 12.1 Å². The molecule has 0 atom stereocenters. The van der Waals surface area contributed by atoms with Crippen molar-refractivity contribution < 1.29 is 29.1 Å². The monoisotopic (exact) mass is 662 g/mol. The first-order chi connectivity index (χ1) is 22.3. The highest BCUT2D eigenvalue weighted by atomic mass is 28.3. The molecule has 0 aliphatic heterocycles. The van der Waals surface area contributed by atoms with Crippen LogP contribution in [0, 0.1) is 0 Å². The van der Waals surface area contributed by atoms with Crippen LogP contribution < -0.4 is 10.4 Å². The van der Waals surface area contributed by atoms with E-state index in [0.29, 0.717) is 17.5 Å². The Bertz CT molecular complexity index is 1150. The summed E-state index contributed by atoms with van der Waals surface area (Å²) in [6, 6.07) is 16.3. The van der Waals surface area contributed by atoms with Gasteiger partial charge in [-0.2, -0.15) is 0 Å². The number of rotatable bonds is 24. The maximum Gasteiger partial charge on any atom is 0.373 e. The largest absolute Gasteiger partial charge is 0.373 e. The maximum atomic E-state index is 12.8. The Labute approximate surface area is 279 Å². The molecule has 0 saturated carbocycles. The van der Waals surface area contributed by atoms with Crippen molar-refractivity contribution >= 4 is 38.5 Å². The zero-order chi connectivity index (χ0) is 33.8. The van der Waals surface area contributed by atoms with E-state index in [1.165, 1.54) is 38.5 Å². The zero-order valence-electron chi connectivity index (χ0n) is 28.3. The average molecular weight is 663 g/mol. The molecule has 250 valence electrons. The van der Waals surface area contributed by atoms with Crippen LogP contribution in [0.15, 0.2) is 97.6 Å². The summed E-state index contributed by atoms with van der Waals surface area (Å²) in [4.78, 5) is 46.8. The van der Waals surface area contributed by atoms with Crippen molar-refractivity contribution in [2.45, 2.75) is 103 Å². The number of hydrogen-bond acceptors (Lipinski definition) is 6. The molecule has 0 saturated heterocycles. The highest BCUT2D eigenvalue weighted by molar-refractivity contribution is 7.00. The molecule has 0 aliphatic carbocycles. The van der Waals surface area contributed by atoms with Crippen LogP contribution in [0.4, 0.5) is 0 Å². The first-order valence-corrected chi connectivity index (χ1v) is 21.5. The zero-order valence-corrected chi connectivity index (χ0v) is 30.3. The van der Waals surface area contributed by atoms with E-state index in [1.54, 1.807) is 24.3 Å². The van der Waals surface area contributed by atoms with Gasteiger partial charge < -0.3 is 0 Å². The van der Waals surface area contributed by atoms with E-state index in [2.05, 4.69) is 47.1 Å². The van der Waals surface area contributed by atoms with Crippen molar-refractivity contribution in [1.29, 1.82) is 0 Å². The fourth-order valence-electron chi connectivity index (χ4n) is 5.48. The van der Waals surface area contributed by atoms with Crippen molar-refractivity contribution in [2.24, 2.45) is 0 Å². The Balaban J connectivity index is 2.02. The van der Waals surface area contributed by atoms with Crippen molar-refractivity contribution in [2.75, 3.05) is 0 Å². The number of hydrogen-bond donors (Lipinski definition) is 0. The molecule has 6 nitrogen and oxygen atoms in total. The third-order valence-corrected chi connectivity index (χ3v) is 17.0. The van der Waals surface area contributed by atoms with Gasteiger partial charge in [0, 0.05) is 6.42 Å². The molecule has 0 unspecified atom stereocenters. The summed E-state index contributed by atoms with van der Waals surface area (Å²) in [6.45, 7) is 22.5. The third kappa shape index (κ3) is 11.2. The van der Waals surface area contributed by atoms with Gasteiger partial charge in [0.05, 0.1) is 11.1 Å². The molecule has 0 aromatic heterocycles. The summed E-state index contributed by atoms with van der Waals surface area (Å²) < 4.78 is 0. The van der Waals surface area contributed by atoms with E-state index in [9.17, 15) is 9.59 Å². The second-order valence-electron chi connectivity index (χ2n) is 11.7. The molecule has 2 rings (SSSR count). The predicted molar refractivity (Wildman–Crippen MR) is 194 cm³/mol. The Kier molecular flexibility index (Phi) is 17.5. The SMILES string of the molecule is C=C[Si](C=C)(CC)c1ccc(C(=O)OOC(CCCCCCCCCCC)OOC(=O)c2ccc([Si](C=C)(C=C)CC)cc2)cc1. The second-order valence-corrected chi connectivity index (χ2v) is 20.1. The van der Waals surface area contributed by atoms with Crippen LogP contribution in [0.1, 0.15) is 106 Å². The minimum atomic E-state index is -2.02. The minimum absolute atomic E-state index is 0.334. The van der Waals surface area contributed by atoms with Gasteiger partial charge in [0.25, 0.3) is 0 Å². The van der Waals surface area contributed by atoms with Crippen LogP contribution >= 0.6 is 0 Å². The molecule has 0 aliphatic rings. The molecule has 0 fully saturated rings. The summed E-state index contributed by atoms with van der Waals surface area (Å²) in [6.07, 6.45) is 9.62. The first kappa shape index (κ1) is 38.9.